The van der Waals surface area contributed by atoms with Crippen molar-refractivity contribution >= 4 is 23.2 Å². The molecule has 2 aromatic carbocycles. The number of carbonyl (C=O) groups excluding carboxylic acids is 2. The highest BCUT2D eigenvalue weighted by molar-refractivity contribution is 5.97. The van der Waals surface area contributed by atoms with Gasteiger partial charge in [-0.3, -0.25) is 9.59 Å². The van der Waals surface area contributed by atoms with E-state index < -0.39 is 0 Å². The molecular weight excluding hydrogens is 290 g/mol. The number of benzene rings is 2. The summed E-state index contributed by atoms with van der Waals surface area (Å²) in [5.41, 5.74) is 8.31. The van der Waals surface area contributed by atoms with Gasteiger partial charge in [0.1, 0.15) is 0 Å². The molecule has 0 aliphatic rings. The number of nitrogens with one attached hydrogen (secondary N) is 2. The van der Waals surface area contributed by atoms with Gasteiger partial charge in [0.15, 0.2) is 0 Å². The normalized spacial score (nSPS) is 10.1. The first-order chi connectivity index (χ1) is 11.1. The first-order valence-electron chi connectivity index (χ1n) is 7.61. The second-order valence-electron chi connectivity index (χ2n) is 5.30. The monoisotopic (exact) mass is 311 g/mol. The van der Waals surface area contributed by atoms with Gasteiger partial charge in [-0.25, -0.2) is 0 Å². The van der Waals surface area contributed by atoms with E-state index in [0.717, 1.165) is 12.0 Å². The molecule has 0 bridgehead atoms. The second-order valence-corrected chi connectivity index (χ2v) is 5.30. The van der Waals surface area contributed by atoms with Gasteiger partial charge in [0.25, 0.3) is 5.91 Å². The Bertz CT molecular complexity index is 681. The minimum absolute atomic E-state index is 0.138. The fourth-order valence-electron chi connectivity index (χ4n) is 2.10. The Morgan fingerprint density at radius 3 is 2.52 bits per heavy atom. The minimum atomic E-state index is -0.138. The number of nitrogen functional groups attached to an aromatic ring is 1. The molecule has 120 valence electrons. The smallest absolute Gasteiger partial charge is 0.251 e. The van der Waals surface area contributed by atoms with Gasteiger partial charge < -0.3 is 16.4 Å². The van der Waals surface area contributed by atoms with E-state index in [4.69, 9.17) is 5.73 Å². The van der Waals surface area contributed by atoms with E-state index in [0.29, 0.717) is 23.5 Å². The molecule has 0 fully saturated rings. The largest absolute Gasteiger partial charge is 0.399 e. The highest BCUT2D eigenvalue weighted by atomic mass is 16.2. The molecule has 2 aromatic rings. The highest BCUT2D eigenvalue weighted by Crippen LogP contribution is 2.12. The molecule has 0 saturated heterocycles. The summed E-state index contributed by atoms with van der Waals surface area (Å²) < 4.78 is 0. The fraction of sp³-hybridized carbons (Fsp3) is 0.222. The van der Waals surface area contributed by atoms with Gasteiger partial charge in [0.2, 0.25) is 5.91 Å². The maximum absolute atomic E-state index is 12.1. The van der Waals surface area contributed by atoms with Crippen molar-refractivity contribution in [2.45, 2.75) is 19.8 Å². The summed E-state index contributed by atoms with van der Waals surface area (Å²) in [6, 6.07) is 14.1. The molecule has 5 heteroatoms. The van der Waals surface area contributed by atoms with Gasteiger partial charge in [0.05, 0.1) is 6.42 Å². The van der Waals surface area contributed by atoms with Crippen molar-refractivity contribution < 1.29 is 9.59 Å². The molecule has 0 aromatic heterocycles. The molecule has 0 spiro atoms. The third-order valence-electron chi connectivity index (χ3n) is 3.29. The zero-order valence-electron chi connectivity index (χ0n) is 13.1. The van der Waals surface area contributed by atoms with Crippen LogP contribution in [0.3, 0.4) is 0 Å². The molecular formula is C18H21N3O2. The van der Waals surface area contributed by atoms with Crippen LogP contribution >= 0.6 is 0 Å². The van der Waals surface area contributed by atoms with E-state index >= 15 is 0 Å². The summed E-state index contributed by atoms with van der Waals surface area (Å²) in [6.45, 7) is 2.63. The van der Waals surface area contributed by atoms with Crippen molar-refractivity contribution in [1.29, 1.82) is 0 Å². The van der Waals surface area contributed by atoms with Crippen LogP contribution in [0, 0.1) is 0 Å². The fourth-order valence-corrected chi connectivity index (χ4v) is 2.10. The zero-order chi connectivity index (χ0) is 16.7. The molecule has 0 unspecified atom stereocenters. The molecule has 23 heavy (non-hydrogen) atoms. The molecule has 5 nitrogen and oxygen atoms in total. The Morgan fingerprint density at radius 1 is 1.09 bits per heavy atom. The van der Waals surface area contributed by atoms with Crippen molar-refractivity contribution in [1.82, 2.24) is 5.32 Å². The average molecular weight is 311 g/mol. The molecule has 2 rings (SSSR count). The Morgan fingerprint density at radius 2 is 1.83 bits per heavy atom. The standard InChI is InChI=1S/C18H21N3O2/c1-2-10-20-18(23)14-4-3-5-16(12-14)21-17(22)11-13-6-8-15(19)9-7-13/h3-9,12H,2,10-11,19H2,1H3,(H,20,23)(H,21,22). The summed E-state index contributed by atoms with van der Waals surface area (Å²) in [5, 5.41) is 5.62. The SMILES string of the molecule is CCCNC(=O)c1cccc(NC(=O)Cc2ccc(N)cc2)c1. The average Bonchev–Trinajstić information content (AvgIpc) is 2.55. The van der Waals surface area contributed by atoms with Gasteiger partial charge in [0, 0.05) is 23.5 Å². The van der Waals surface area contributed by atoms with Crippen LogP contribution < -0.4 is 16.4 Å². The Labute approximate surface area is 135 Å². The van der Waals surface area contributed by atoms with E-state index in [-0.39, 0.29) is 18.2 Å². The number of anilines is 2. The van der Waals surface area contributed by atoms with Crippen molar-refractivity contribution in [2.24, 2.45) is 0 Å². The number of hydrogen-bond acceptors (Lipinski definition) is 3. The highest BCUT2D eigenvalue weighted by Gasteiger charge is 2.08. The molecule has 0 aliphatic heterocycles. The minimum Gasteiger partial charge on any atom is -0.399 e. The predicted molar refractivity (Wildman–Crippen MR) is 92.3 cm³/mol. The number of nitrogens with two attached hydrogens (primary N) is 1. The molecule has 4 N–H and O–H groups in total. The van der Waals surface area contributed by atoms with E-state index in [1.807, 2.05) is 19.1 Å². The van der Waals surface area contributed by atoms with Gasteiger partial charge in [-0.15, -0.1) is 0 Å². The maximum Gasteiger partial charge on any atom is 0.251 e. The van der Waals surface area contributed by atoms with Crippen LogP contribution in [0.4, 0.5) is 11.4 Å². The van der Waals surface area contributed by atoms with Gasteiger partial charge in [-0.1, -0.05) is 25.1 Å². The Balaban J connectivity index is 1.98. The zero-order valence-corrected chi connectivity index (χ0v) is 13.1. The number of amides is 2. The Hall–Kier alpha value is -2.82. The number of hydrogen-bond donors (Lipinski definition) is 3. The molecule has 0 radical (unpaired) electrons. The van der Waals surface area contributed by atoms with Crippen molar-refractivity contribution in [3.05, 3.63) is 59.7 Å². The third kappa shape index (κ3) is 5.14. The number of carbonyl (C=O) groups is 2. The Kier molecular flexibility index (Phi) is 5.74. The van der Waals surface area contributed by atoms with Crippen LogP contribution in [-0.4, -0.2) is 18.4 Å². The first kappa shape index (κ1) is 16.5. The summed E-state index contributed by atoms with van der Waals surface area (Å²) >= 11 is 0. The lowest BCUT2D eigenvalue weighted by atomic mass is 10.1. The van der Waals surface area contributed by atoms with Crippen LogP contribution in [0.25, 0.3) is 0 Å². The van der Waals surface area contributed by atoms with Crippen LogP contribution in [0.1, 0.15) is 29.3 Å². The summed E-state index contributed by atoms with van der Waals surface area (Å²) in [5.74, 6) is -0.276. The third-order valence-corrected chi connectivity index (χ3v) is 3.29. The van der Waals surface area contributed by atoms with Crippen molar-refractivity contribution in [3.8, 4) is 0 Å². The van der Waals surface area contributed by atoms with E-state index in [1.54, 1.807) is 36.4 Å². The van der Waals surface area contributed by atoms with E-state index in [2.05, 4.69) is 10.6 Å². The van der Waals surface area contributed by atoms with Gasteiger partial charge >= 0.3 is 0 Å². The predicted octanol–water partition coefficient (Wildman–Crippen LogP) is 2.59. The van der Waals surface area contributed by atoms with Gasteiger partial charge in [-0.05, 0) is 42.3 Å². The van der Waals surface area contributed by atoms with Gasteiger partial charge in [-0.2, -0.15) is 0 Å². The number of rotatable bonds is 6. The molecule has 2 amide bonds. The lowest BCUT2D eigenvalue weighted by Crippen LogP contribution is -2.24. The van der Waals surface area contributed by atoms with Crippen LogP contribution in [-0.2, 0) is 11.2 Å². The van der Waals surface area contributed by atoms with Crippen LogP contribution in [0.5, 0.6) is 0 Å². The lowest BCUT2D eigenvalue weighted by Gasteiger charge is -2.08. The van der Waals surface area contributed by atoms with Crippen molar-refractivity contribution in [2.75, 3.05) is 17.6 Å². The molecule has 0 atom stereocenters. The maximum atomic E-state index is 12.1. The lowest BCUT2D eigenvalue weighted by molar-refractivity contribution is -0.115. The molecule has 0 aliphatic carbocycles. The second kappa shape index (κ2) is 7.98. The van der Waals surface area contributed by atoms with Crippen LogP contribution in [0.2, 0.25) is 0 Å². The van der Waals surface area contributed by atoms with Crippen molar-refractivity contribution in [3.63, 3.8) is 0 Å². The van der Waals surface area contributed by atoms with E-state index in [9.17, 15) is 9.59 Å². The summed E-state index contributed by atoms with van der Waals surface area (Å²) in [4.78, 5) is 24.0. The summed E-state index contributed by atoms with van der Waals surface area (Å²) in [6.07, 6.45) is 1.14. The van der Waals surface area contributed by atoms with E-state index in [1.165, 1.54) is 0 Å². The molecule has 0 heterocycles. The topological polar surface area (TPSA) is 84.2 Å². The summed E-state index contributed by atoms with van der Waals surface area (Å²) in [7, 11) is 0. The first-order valence-corrected chi connectivity index (χ1v) is 7.61. The molecule has 0 saturated carbocycles. The van der Waals surface area contributed by atoms with Crippen LogP contribution in [0.15, 0.2) is 48.5 Å². The quantitative estimate of drug-likeness (QED) is 0.717.